The van der Waals surface area contributed by atoms with Crippen LogP contribution in [-0.2, 0) is 14.8 Å². The quantitative estimate of drug-likeness (QED) is 0.508. The molecule has 0 atom stereocenters. The van der Waals surface area contributed by atoms with Crippen molar-refractivity contribution < 1.29 is 32.2 Å². The second-order valence-corrected chi connectivity index (χ2v) is 9.75. The van der Waals surface area contributed by atoms with Gasteiger partial charge in [-0.05, 0) is 63.1 Å². The Morgan fingerprint density at radius 3 is 2.32 bits per heavy atom. The summed E-state index contributed by atoms with van der Waals surface area (Å²) >= 11 is 0. The highest BCUT2D eigenvalue weighted by molar-refractivity contribution is 7.89. The number of nitrogens with zero attached hydrogens (tertiary/aromatic N) is 1. The topological polar surface area (TPSA) is 111 Å². The third-order valence-electron chi connectivity index (χ3n) is 5.41. The van der Waals surface area contributed by atoms with E-state index in [1.807, 2.05) is 0 Å². The monoisotopic (exact) mass is 490 g/mol. The van der Waals surface area contributed by atoms with Crippen LogP contribution >= 0.6 is 0 Å². The number of benzene rings is 2. The van der Waals surface area contributed by atoms with Crippen LogP contribution in [0.2, 0.25) is 0 Å². The molecular weight excluding hydrogens is 460 g/mol. The van der Waals surface area contributed by atoms with E-state index in [0.29, 0.717) is 42.5 Å². The van der Waals surface area contributed by atoms with E-state index >= 15 is 0 Å². The molecule has 0 saturated carbocycles. The van der Waals surface area contributed by atoms with Crippen molar-refractivity contribution in [3.05, 3.63) is 42.0 Å². The van der Waals surface area contributed by atoms with E-state index in [1.165, 1.54) is 36.5 Å². The SMILES string of the molecule is CCOc1ccc(S(=O)(=O)N2CCCCC2)cc1NC(=O)COc1ccc(C(C)=O)cc1OC. The highest BCUT2D eigenvalue weighted by Gasteiger charge is 2.27. The van der Waals surface area contributed by atoms with Gasteiger partial charge in [-0.15, -0.1) is 0 Å². The van der Waals surface area contributed by atoms with E-state index in [-0.39, 0.29) is 23.0 Å². The maximum absolute atomic E-state index is 13.1. The van der Waals surface area contributed by atoms with Crippen molar-refractivity contribution in [3.63, 3.8) is 0 Å². The molecule has 9 nitrogen and oxygen atoms in total. The molecule has 34 heavy (non-hydrogen) atoms. The number of Topliss-reactive ketones (excluding diaryl/α,β-unsaturated/α-hetero) is 1. The van der Waals surface area contributed by atoms with Gasteiger partial charge in [0.1, 0.15) is 5.75 Å². The number of carbonyl (C=O) groups excluding carboxylic acids is 2. The summed E-state index contributed by atoms with van der Waals surface area (Å²) in [6.45, 7) is 4.19. The molecule has 0 unspecified atom stereocenters. The fourth-order valence-corrected chi connectivity index (χ4v) is 5.18. The van der Waals surface area contributed by atoms with E-state index in [9.17, 15) is 18.0 Å². The van der Waals surface area contributed by atoms with Crippen molar-refractivity contribution in [1.29, 1.82) is 0 Å². The normalized spacial score (nSPS) is 14.3. The zero-order valence-electron chi connectivity index (χ0n) is 19.6. The highest BCUT2D eigenvalue weighted by Crippen LogP contribution is 2.31. The molecule has 1 fully saturated rings. The number of methoxy groups -OCH3 is 1. The number of carbonyl (C=O) groups is 2. The fourth-order valence-electron chi connectivity index (χ4n) is 3.64. The van der Waals surface area contributed by atoms with E-state index < -0.39 is 15.9 Å². The summed E-state index contributed by atoms with van der Waals surface area (Å²) in [7, 11) is -2.24. The molecule has 2 aromatic carbocycles. The van der Waals surface area contributed by atoms with Crippen LogP contribution < -0.4 is 19.5 Å². The maximum Gasteiger partial charge on any atom is 0.262 e. The molecule has 1 amide bonds. The van der Waals surface area contributed by atoms with Gasteiger partial charge < -0.3 is 19.5 Å². The Kier molecular flexibility index (Phi) is 8.51. The number of piperidine rings is 1. The minimum Gasteiger partial charge on any atom is -0.493 e. The molecule has 1 N–H and O–H groups in total. The van der Waals surface area contributed by atoms with Gasteiger partial charge >= 0.3 is 0 Å². The van der Waals surface area contributed by atoms with E-state index in [0.717, 1.165) is 19.3 Å². The van der Waals surface area contributed by atoms with Gasteiger partial charge in [-0.2, -0.15) is 4.31 Å². The number of hydrogen-bond donors (Lipinski definition) is 1. The maximum atomic E-state index is 13.1. The molecule has 1 heterocycles. The third kappa shape index (κ3) is 6.06. The van der Waals surface area contributed by atoms with Crippen molar-refractivity contribution in [2.24, 2.45) is 0 Å². The van der Waals surface area contributed by atoms with Gasteiger partial charge in [0.2, 0.25) is 10.0 Å². The van der Waals surface area contributed by atoms with Crippen molar-refractivity contribution >= 4 is 27.4 Å². The average Bonchev–Trinajstić information content (AvgIpc) is 2.84. The van der Waals surface area contributed by atoms with E-state index in [1.54, 1.807) is 25.1 Å². The summed E-state index contributed by atoms with van der Waals surface area (Å²) < 4.78 is 44.0. The van der Waals surface area contributed by atoms with Gasteiger partial charge in [-0.25, -0.2) is 8.42 Å². The van der Waals surface area contributed by atoms with E-state index in [4.69, 9.17) is 14.2 Å². The molecule has 1 aliphatic heterocycles. The summed E-state index contributed by atoms with van der Waals surface area (Å²) in [6.07, 6.45) is 2.67. The van der Waals surface area contributed by atoms with Crippen LogP contribution in [0.15, 0.2) is 41.3 Å². The first-order chi connectivity index (χ1) is 16.3. The molecule has 0 radical (unpaired) electrons. The minimum absolute atomic E-state index is 0.0931. The van der Waals surface area contributed by atoms with Crippen molar-refractivity contribution in [2.45, 2.75) is 38.0 Å². The fraction of sp³-hybridized carbons (Fsp3) is 0.417. The zero-order chi connectivity index (χ0) is 24.7. The summed E-state index contributed by atoms with van der Waals surface area (Å²) in [5, 5.41) is 2.68. The number of ketones is 1. The first kappa shape index (κ1) is 25.5. The Hall–Kier alpha value is -3.11. The first-order valence-corrected chi connectivity index (χ1v) is 12.6. The summed E-state index contributed by atoms with van der Waals surface area (Å²) in [6, 6.07) is 9.12. The van der Waals surface area contributed by atoms with Crippen molar-refractivity contribution in [3.8, 4) is 17.2 Å². The number of hydrogen-bond acceptors (Lipinski definition) is 7. The number of rotatable bonds is 10. The largest absolute Gasteiger partial charge is 0.493 e. The molecule has 10 heteroatoms. The summed E-state index contributed by atoms with van der Waals surface area (Å²) in [4.78, 5) is 24.3. The minimum atomic E-state index is -3.68. The van der Waals surface area contributed by atoms with Crippen LogP contribution in [0.25, 0.3) is 0 Å². The Morgan fingerprint density at radius 1 is 0.971 bits per heavy atom. The molecular formula is C24H30N2O7S. The highest BCUT2D eigenvalue weighted by atomic mass is 32.2. The van der Waals surface area contributed by atoms with Crippen molar-refractivity contribution in [1.82, 2.24) is 4.31 Å². The number of nitrogens with one attached hydrogen (secondary N) is 1. The van der Waals surface area contributed by atoms with Crippen LogP contribution in [0.5, 0.6) is 17.2 Å². The number of ether oxygens (including phenoxy) is 3. The Morgan fingerprint density at radius 2 is 1.68 bits per heavy atom. The molecule has 1 saturated heterocycles. The lowest BCUT2D eigenvalue weighted by atomic mass is 10.1. The van der Waals surface area contributed by atoms with Gasteiger partial charge in [-0.1, -0.05) is 6.42 Å². The van der Waals surface area contributed by atoms with Crippen LogP contribution in [0.1, 0.15) is 43.5 Å². The summed E-state index contributed by atoms with van der Waals surface area (Å²) in [5.74, 6) is 0.354. The van der Waals surface area contributed by atoms with Gasteiger partial charge in [-0.3, -0.25) is 9.59 Å². The molecule has 184 valence electrons. The standard InChI is InChI=1S/C24H30N2O7S/c1-4-32-21-11-9-19(34(29,30)26-12-6-5-7-13-26)15-20(21)25-24(28)16-33-22-10-8-18(17(2)27)14-23(22)31-3/h8-11,14-15H,4-7,12-13,16H2,1-3H3,(H,25,28). The van der Waals surface area contributed by atoms with Crippen LogP contribution in [0.4, 0.5) is 5.69 Å². The molecule has 0 aromatic heterocycles. The smallest absolute Gasteiger partial charge is 0.262 e. The molecule has 0 spiro atoms. The number of anilines is 1. The predicted molar refractivity (Wildman–Crippen MR) is 127 cm³/mol. The lowest BCUT2D eigenvalue weighted by Crippen LogP contribution is -2.35. The van der Waals surface area contributed by atoms with Gasteiger partial charge in [0.15, 0.2) is 23.9 Å². The van der Waals surface area contributed by atoms with Gasteiger partial charge in [0.25, 0.3) is 5.91 Å². The molecule has 3 rings (SSSR count). The molecule has 0 bridgehead atoms. The zero-order valence-corrected chi connectivity index (χ0v) is 20.4. The van der Waals surface area contributed by atoms with E-state index in [2.05, 4.69) is 5.32 Å². The second kappa shape index (κ2) is 11.3. The Labute approximate surface area is 200 Å². The first-order valence-electron chi connectivity index (χ1n) is 11.1. The van der Waals surface area contributed by atoms with Crippen LogP contribution in [0, 0.1) is 0 Å². The second-order valence-electron chi connectivity index (χ2n) is 7.81. The van der Waals surface area contributed by atoms with Crippen LogP contribution in [0.3, 0.4) is 0 Å². The molecule has 1 aliphatic rings. The molecule has 2 aromatic rings. The Bertz CT molecular complexity index is 1140. The predicted octanol–water partition coefficient (Wildman–Crippen LogP) is 3.49. The Balaban J connectivity index is 1.76. The number of sulfonamides is 1. The average molecular weight is 491 g/mol. The molecule has 0 aliphatic carbocycles. The van der Waals surface area contributed by atoms with Gasteiger partial charge in [0, 0.05) is 18.7 Å². The van der Waals surface area contributed by atoms with Crippen molar-refractivity contribution in [2.75, 3.05) is 38.7 Å². The lowest BCUT2D eigenvalue weighted by Gasteiger charge is -2.26. The van der Waals surface area contributed by atoms with Crippen LogP contribution in [-0.4, -0.2) is 57.8 Å². The lowest BCUT2D eigenvalue weighted by molar-refractivity contribution is -0.118. The summed E-state index contributed by atoms with van der Waals surface area (Å²) in [5.41, 5.74) is 0.703. The third-order valence-corrected chi connectivity index (χ3v) is 7.30. The number of amides is 1. The van der Waals surface area contributed by atoms with Gasteiger partial charge in [0.05, 0.1) is 24.3 Å².